The Hall–Kier alpha value is -3.51. The topological polar surface area (TPSA) is 74.2 Å². The molecule has 0 aromatic heterocycles. The maximum absolute atomic E-state index is 13.2. The molecule has 1 N–H and O–H groups in total. The Balaban J connectivity index is 1.70. The highest BCUT2D eigenvalue weighted by atomic mass is 16.5. The molecule has 6 heteroatoms. The summed E-state index contributed by atoms with van der Waals surface area (Å²) in [6.45, 7) is 7.46. The molecule has 0 saturated heterocycles. The number of carbonyl (C=O) groups excluding carboxylic acids is 1. The van der Waals surface area contributed by atoms with Gasteiger partial charge in [0.25, 0.3) is 0 Å². The van der Waals surface area contributed by atoms with Gasteiger partial charge < -0.3 is 24.1 Å². The molecule has 0 amide bonds. The van der Waals surface area contributed by atoms with Crippen LogP contribution in [-0.2, 0) is 4.74 Å². The van der Waals surface area contributed by atoms with Gasteiger partial charge in [-0.05, 0) is 43.0 Å². The molecule has 214 valence electrons. The molecule has 1 aliphatic heterocycles. The Labute approximate surface area is 238 Å². The van der Waals surface area contributed by atoms with E-state index in [1.54, 1.807) is 6.07 Å². The molecule has 0 spiro atoms. The lowest BCUT2D eigenvalue weighted by atomic mass is 9.80. The number of ether oxygens (including phenoxy) is 4. The summed E-state index contributed by atoms with van der Waals surface area (Å²) in [5, 5.41) is 9.95. The van der Waals surface area contributed by atoms with Gasteiger partial charge in [-0.3, -0.25) is 0 Å². The van der Waals surface area contributed by atoms with E-state index in [1.807, 2.05) is 61.5 Å². The fourth-order valence-electron chi connectivity index (χ4n) is 4.87. The molecule has 4 rings (SSSR count). The molecule has 6 nitrogen and oxygen atoms in total. The summed E-state index contributed by atoms with van der Waals surface area (Å²) in [6, 6.07) is 19.4. The predicted molar refractivity (Wildman–Crippen MR) is 157 cm³/mol. The Morgan fingerprint density at radius 1 is 0.800 bits per heavy atom. The Morgan fingerprint density at radius 3 is 1.93 bits per heavy atom. The van der Waals surface area contributed by atoms with Crippen LogP contribution >= 0.6 is 0 Å². The van der Waals surface area contributed by atoms with Gasteiger partial charge in [-0.1, -0.05) is 76.8 Å². The average molecular weight is 547 g/mol. The second-order valence-corrected chi connectivity index (χ2v) is 10.3. The molecule has 40 heavy (non-hydrogen) atoms. The second kappa shape index (κ2) is 14.8. The van der Waals surface area contributed by atoms with Crippen LogP contribution < -0.4 is 14.2 Å². The van der Waals surface area contributed by atoms with Crippen molar-refractivity contribution in [2.45, 2.75) is 77.7 Å². The summed E-state index contributed by atoms with van der Waals surface area (Å²) < 4.78 is 24.0. The quantitative estimate of drug-likeness (QED) is 0.120. The van der Waals surface area contributed by atoms with Gasteiger partial charge in [-0.15, -0.1) is 0 Å². The van der Waals surface area contributed by atoms with Crippen molar-refractivity contribution >= 4 is 5.97 Å². The Morgan fingerprint density at radius 2 is 1.38 bits per heavy atom. The first-order chi connectivity index (χ1) is 19.5. The number of esters is 1. The molecule has 3 aromatic carbocycles. The monoisotopic (exact) mass is 546 g/mol. The number of carbonyl (C=O) groups is 1. The minimum atomic E-state index is -0.688. The molecule has 1 atom stereocenters. The van der Waals surface area contributed by atoms with Crippen molar-refractivity contribution in [3.8, 4) is 23.0 Å². The maximum Gasteiger partial charge on any atom is 0.338 e. The van der Waals surface area contributed by atoms with Crippen LogP contribution in [0.2, 0.25) is 0 Å². The van der Waals surface area contributed by atoms with Crippen LogP contribution in [-0.4, -0.2) is 37.0 Å². The largest absolute Gasteiger partial charge is 0.493 e. The lowest BCUT2D eigenvalue weighted by Gasteiger charge is -2.30. The molecule has 3 aromatic rings. The van der Waals surface area contributed by atoms with Gasteiger partial charge in [0.05, 0.1) is 24.9 Å². The highest BCUT2D eigenvalue weighted by Crippen LogP contribution is 2.50. The normalized spacial score (nSPS) is 13.1. The number of rotatable bonds is 15. The van der Waals surface area contributed by atoms with Gasteiger partial charge in [0, 0.05) is 29.2 Å². The van der Waals surface area contributed by atoms with E-state index in [4.69, 9.17) is 18.9 Å². The van der Waals surface area contributed by atoms with Crippen LogP contribution in [0.3, 0.4) is 0 Å². The molecule has 0 radical (unpaired) electrons. The third kappa shape index (κ3) is 7.36. The lowest BCUT2D eigenvalue weighted by molar-refractivity contribution is 0.0249. The molecule has 1 unspecified atom stereocenters. The van der Waals surface area contributed by atoms with Crippen LogP contribution in [0.1, 0.15) is 98.7 Å². The van der Waals surface area contributed by atoms with Gasteiger partial charge in [0.15, 0.2) is 0 Å². The summed E-state index contributed by atoms with van der Waals surface area (Å²) in [4.78, 5) is 13.2. The lowest BCUT2D eigenvalue weighted by Crippen LogP contribution is -2.20. The molecule has 1 aliphatic rings. The number of hydrogen-bond acceptors (Lipinski definition) is 6. The molecule has 0 aliphatic carbocycles. The van der Waals surface area contributed by atoms with Crippen LogP contribution in [0.5, 0.6) is 23.0 Å². The van der Waals surface area contributed by atoms with E-state index in [2.05, 4.69) is 13.8 Å². The zero-order chi connectivity index (χ0) is 28.3. The summed E-state index contributed by atoms with van der Waals surface area (Å²) >= 11 is 0. The van der Waals surface area contributed by atoms with E-state index in [0.29, 0.717) is 36.7 Å². The fourth-order valence-corrected chi connectivity index (χ4v) is 4.87. The van der Waals surface area contributed by atoms with Crippen molar-refractivity contribution in [1.29, 1.82) is 0 Å². The molecule has 0 bridgehead atoms. The first kappa shape index (κ1) is 29.5. The number of aliphatic hydroxyl groups excluding tert-OH is 1. The van der Waals surface area contributed by atoms with Crippen molar-refractivity contribution in [2.24, 2.45) is 0 Å². The SMILES string of the molecule is CCCCCOc1ccc2c(c1)Oc1cc(OCCCCC)ccc1C2c1ccccc1C(=O)OCC(O)CC. The minimum absolute atomic E-state index is 0.0396. The first-order valence-electron chi connectivity index (χ1n) is 14.7. The molecular weight excluding hydrogens is 504 g/mol. The Kier molecular flexibility index (Phi) is 10.9. The van der Waals surface area contributed by atoms with Gasteiger partial charge in [0.2, 0.25) is 0 Å². The van der Waals surface area contributed by atoms with E-state index in [0.717, 1.165) is 66.7 Å². The van der Waals surface area contributed by atoms with Gasteiger partial charge in [-0.2, -0.15) is 0 Å². The van der Waals surface area contributed by atoms with E-state index < -0.39 is 12.1 Å². The van der Waals surface area contributed by atoms with Crippen molar-refractivity contribution in [3.05, 3.63) is 82.9 Å². The fraction of sp³-hybridized carbons (Fsp3) is 0.441. The van der Waals surface area contributed by atoms with E-state index >= 15 is 0 Å². The number of fused-ring (bicyclic) bond motifs is 2. The van der Waals surface area contributed by atoms with Crippen LogP contribution in [0.25, 0.3) is 0 Å². The van der Waals surface area contributed by atoms with Crippen LogP contribution in [0.15, 0.2) is 60.7 Å². The predicted octanol–water partition coefficient (Wildman–Crippen LogP) is 8.04. The molecule has 1 heterocycles. The highest BCUT2D eigenvalue weighted by Gasteiger charge is 2.32. The van der Waals surface area contributed by atoms with Crippen molar-refractivity contribution < 1.29 is 28.8 Å². The number of unbranched alkanes of at least 4 members (excludes halogenated alkanes) is 4. The molecule has 0 saturated carbocycles. The maximum atomic E-state index is 13.2. The van der Waals surface area contributed by atoms with Crippen molar-refractivity contribution in [1.82, 2.24) is 0 Å². The standard InChI is InChI=1S/C34H42O6/c1-4-7-11-19-37-25-15-17-29-31(21-25)40-32-22-26(38-20-12-8-5-2)16-18-30(32)33(29)27-13-9-10-14-28(27)34(36)39-23-24(35)6-3/h9-10,13-18,21-22,24,33,35H,4-8,11-12,19-20,23H2,1-3H3. The second-order valence-electron chi connectivity index (χ2n) is 10.3. The number of hydrogen-bond donors (Lipinski definition) is 1. The minimum Gasteiger partial charge on any atom is -0.493 e. The van der Waals surface area contributed by atoms with Gasteiger partial charge in [0.1, 0.15) is 29.6 Å². The summed E-state index contributed by atoms with van der Waals surface area (Å²) in [5.41, 5.74) is 3.17. The summed E-state index contributed by atoms with van der Waals surface area (Å²) in [7, 11) is 0. The average Bonchev–Trinajstić information content (AvgIpc) is 2.98. The van der Waals surface area contributed by atoms with E-state index in [1.165, 1.54) is 0 Å². The zero-order valence-electron chi connectivity index (χ0n) is 24.0. The van der Waals surface area contributed by atoms with Gasteiger partial charge in [-0.25, -0.2) is 4.79 Å². The molecule has 0 fully saturated rings. The zero-order valence-corrected chi connectivity index (χ0v) is 24.0. The Bertz CT molecular complexity index is 1190. The summed E-state index contributed by atoms with van der Waals surface area (Å²) in [6.07, 6.45) is 6.35. The third-order valence-electron chi connectivity index (χ3n) is 7.21. The van der Waals surface area contributed by atoms with Crippen LogP contribution in [0, 0.1) is 0 Å². The highest BCUT2D eigenvalue weighted by molar-refractivity contribution is 5.92. The third-order valence-corrected chi connectivity index (χ3v) is 7.21. The number of benzene rings is 3. The van der Waals surface area contributed by atoms with Gasteiger partial charge >= 0.3 is 5.97 Å². The van der Waals surface area contributed by atoms with E-state index in [-0.39, 0.29) is 12.5 Å². The number of aliphatic hydroxyl groups is 1. The van der Waals surface area contributed by atoms with Crippen LogP contribution in [0.4, 0.5) is 0 Å². The van der Waals surface area contributed by atoms with Crippen molar-refractivity contribution in [3.63, 3.8) is 0 Å². The summed E-state index contributed by atoms with van der Waals surface area (Å²) in [5.74, 6) is 2.18. The van der Waals surface area contributed by atoms with E-state index in [9.17, 15) is 9.90 Å². The molecular formula is C34H42O6. The van der Waals surface area contributed by atoms with Crippen molar-refractivity contribution in [2.75, 3.05) is 19.8 Å². The first-order valence-corrected chi connectivity index (χ1v) is 14.7. The smallest absolute Gasteiger partial charge is 0.338 e.